The molecular weight excluding hydrogens is 312 g/mol. The van der Waals surface area contributed by atoms with E-state index in [2.05, 4.69) is 27.3 Å². The number of piperidine rings is 1. The van der Waals surface area contributed by atoms with Crippen LogP contribution in [0.4, 0.5) is 5.82 Å². The Morgan fingerprint density at radius 2 is 1.96 bits per heavy atom. The molecule has 3 rings (SSSR count). The van der Waals surface area contributed by atoms with Crippen LogP contribution in [0.25, 0.3) is 0 Å². The molecule has 0 unspecified atom stereocenters. The van der Waals surface area contributed by atoms with Gasteiger partial charge in [0.1, 0.15) is 5.82 Å². The van der Waals surface area contributed by atoms with Crippen molar-refractivity contribution in [3.8, 4) is 0 Å². The van der Waals surface area contributed by atoms with Gasteiger partial charge in [0.15, 0.2) is 0 Å². The van der Waals surface area contributed by atoms with Crippen LogP contribution < -0.4 is 5.32 Å². The van der Waals surface area contributed by atoms with E-state index in [0.29, 0.717) is 25.2 Å². The Bertz CT molecular complexity index is 641. The number of likely N-dealkylation sites (tertiary alicyclic amines) is 1. The van der Waals surface area contributed by atoms with Gasteiger partial charge in [-0.2, -0.15) is 0 Å². The van der Waals surface area contributed by atoms with E-state index in [4.69, 9.17) is 0 Å². The molecule has 0 bridgehead atoms. The zero-order valence-corrected chi connectivity index (χ0v) is 14.7. The molecule has 6 nitrogen and oxygen atoms in total. The van der Waals surface area contributed by atoms with Crippen molar-refractivity contribution in [3.05, 3.63) is 23.9 Å². The van der Waals surface area contributed by atoms with E-state index < -0.39 is 10.0 Å². The molecule has 2 fully saturated rings. The predicted molar refractivity (Wildman–Crippen MR) is 91.9 cm³/mol. The monoisotopic (exact) mass is 338 g/mol. The molecule has 23 heavy (non-hydrogen) atoms. The number of aromatic nitrogens is 1. The summed E-state index contributed by atoms with van der Waals surface area (Å²) >= 11 is 0. The largest absolute Gasteiger partial charge is 0.373 e. The highest BCUT2D eigenvalue weighted by Gasteiger charge is 2.35. The molecule has 2 aliphatic heterocycles. The number of rotatable bonds is 4. The summed E-state index contributed by atoms with van der Waals surface area (Å²) in [4.78, 5) is 6.88. The topological polar surface area (TPSA) is 65.5 Å². The molecule has 2 aliphatic rings. The molecule has 0 radical (unpaired) electrons. The Balaban J connectivity index is 1.70. The fourth-order valence-corrected chi connectivity index (χ4v) is 4.75. The highest BCUT2D eigenvalue weighted by Crippen LogP contribution is 2.36. The van der Waals surface area contributed by atoms with Crippen molar-refractivity contribution in [1.29, 1.82) is 0 Å². The van der Waals surface area contributed by atoms with Crippen LogP contribution in [0, 0.1) is 0 Å². The van der Waals surface area contributed by atoms with Gasteiger partial charge in [0.25, 0.3) is 0 Å². The minimum atomic E-state index is -3.05. The van der Waals surface area contributed by atoms with E-state index in [-0.39, 0.29) is 0 Å². The van der Waals surface area contributed by atoms with Gasteiger partial charge < -0.3 is 5.32 Å². The average Bonchev–Trinajstić information content (AvgIpc) is 3.04. The van der Waals surface area contributed by atoms with Crippen molar-refractivity contribution in [2.45, 2.75) is 37.8 Å². The van der Waals surface area contributed by atoms with Crippen molar-refractivity contribution < 1.29 is 8.42 Å². The van der Waals surface area contributed by atoms with E-state index in [1.54, 1.807) is 4.31 Å². The van der Waals surface area contributed by atoms with Crippen LogP contribution >= 0.6 is 0 Å². The molecule has 0 aliphatic carbocycles. The fourth-order valence-electron chi connectivity index (χ4n) is 3.88. The molecule has 0 saturated carbocycles. The van der Waals surface area contributed by atoms with E-state index >= 15 is 0 Å². The molecule has 128 valence electrons. The summed E-state index contributed by atoms with van der Waals surface area (Å²) in [5.74, 6) is 0.904. The number of sulfonamides is 1. The Morgan fingerprint density at radius 3 is 2.61 bits per heavy atom. The van der Waals surface area contributed by atoms with E-state index in [1.807, 2.05) is 13.2 Å². The van der Waals surface area contributed by atoms with Crippen LogP contribution in [0.2, 0.25) is 0 Å². The molecule has 0 aromatic carbocycles. The summed E-state index contributed by atoms with van der Waals surface area (Å²) in [5.41, 5.74) is 1.31. The molecule has 1 aromatic rings. The van der Waals surface area contributed by atoms with Crippen LogP contribution in [0.1, 0.15) is 37.3 Å². The standard InChI is InChI=1S/C16H26N4O2S/c1-17-16-12-13(5-8-18-16)15-4-3-9-20(15)14-6-10-19(11-7-14)23(2,21)22/h5,8,12,14-15H,3-4,6-7,9-11H2,1-2H3,(H,17,18)/t15-/m1/s1. The number of hydrogen-bond acceptors (Lipinski definition) is 5. The molecule has 1 N–H and O–H groups in total. The lowest BCUT2D eigenvalue weighted by atomic mass is 10.00. The smallest absolute Gasteiger partial charge is 0.211 e. The van der Waals surface area contributed by atoms with Gasteiger partial charge in [-0.1, -0.05) is 0 Å². The summed E-state index contributed by atoms with van der Waals surface area (Å²) in [5, 5.41) is 3.10. The number of nitrogens with zero attached hydrogens (tertiary/aromatic N) is 3. The summed E-state index contributed by atoms with van der Waals surface area (Å²) in [6.45, 7) is 2.39. The maximum atomic E-state index is 11.7. The summed E-state index contributed by atoms with van der Waals surface area (Å²) in [6, 6.07) is 5.15. The van der Waals surface area contributed by atoms with E-state index in [1.165, 1.54) is 24.7 Å². The number of pyridine rings is 1. The first-order valence-corrected chi connectivity index (χ1v) is 10.2. The Kier molecular flexibility index (Phi) is 4.89. The Morgan fingerprint density at radius 1 is 1.22 bits per heavy atom. The predicted octanol–water partition coefficient (Wildman–Crippen LogP) is 1.68. The molecule has 0 spiro atoms. The zero-order valence-electron chi connectivity index (χ0n) is 13.9. The summed E-state index contributed by atoms with van der Waals surface area (Å²) in [6.07, 6.45) is 7.39. The lowest BCUT2D eigenvalue weighted by Gasteiger charge is -2.38. The van der Waals surface area contributed by atoms with Crippen LogP contribution in [0.15, 0.2) is 18.3 Å². The van der Waals surface area contributed by atoms with Crippen LogP contribution in [0.5, 0.6) is 0 Å². The summed E-state index contributed by atoms with van der Waals surface area (Å²) in [7, 11) is -1.16. The van der Waals surface area contributed by atoms with Crippen molar-refractivity contribution in [1.82, 2.24) is 14.2 Å². The fraction of sp³-hybridized carbons (Fsp3) is 0.688. The number of anilines is 1. The Hall–Kier alpha value is -1.18. The Labute approximate surface area is 138 Å². The quantitative estimate of drug-likeness (QED) is 0.905. The third-order valence-electron chi connectivity index (χ3n) is 5.08. The average molecular weight is 338 g/mol. The summed E-state index contributed by atoms with van der Waals surface area (Å²) < 4.78 is 24.9. The molecule has 2 saturated heterocycles. The molecule has 7 heteroatoms. The molecular formula is C16H26N4O2S. The van der Waals surface area contributed by atoms with Crippen molar-refractivity contribution in [3.63, 3.8) is 0 Å². The van der Waals surface area contributed by atoms with Gasteiger partial charge in [0.05, 0.1) is 6.26 Å². The first-order chi connectivity index (χ1) is 11.0. The van der Waals surface area contributed by atoms with Crippen molar-refractivity contribution >= 4 is 15.8 Å². The minimum Gasteiger partial charge on any atom is -0.373 e. The zero-order chi connectivity index (χ0) is 16.4. The maximum Gasteiger partial charge on any atom is 0.211 e. The van der Waals surface area contributed by atoms with Gasteiger partial charge in [0.2, 0.25) is 10.0 Å². The highest BCUT2D eigenvalue weighted by molar-refractivity contribution is 7.88. The second kappa shape index (κ2) is 6.75. The first kappa shape index (κ1) is 16.7. The number of hydrogen-bond donors (Lipinski definition) is 1. The van der Waals surface area contributed by atoms with E-state index in [9.17, 15) is 8.42 Å². The minimum absolute atomic E-state index is 0.430. The van der Waals surface area contributed by atoms with Crippen LogP contribution in [-0.2, 0) is 10.0 Å². The van der Waals surface area contributed by atoms with E-state index in [0.717, 1.165) is 25.2 Å². The van der Waals surface area contributed by atoms with Crippen LogP contribution in [-0.4, -0.2) is 61.6 Å². The molecule has 0 amide bonds. The first-order valence-electron chi connectivity index (χ1n) is 8.33. The van der Waals surface area contributed by atoms with Gasteiger partial charge >= 0.3 is 0 Å². The third-order valence-corrected chi connectivity index (χ3v) is 6.38. The maximum absolute atomic E-state index is 11.7. The lowest BCUT2D eigenvalue weighted by molar-refractivity contribution is 0.127. The highest BCUT2D eigenvalue weighted by atomic mass is 32.2. The van der Waals surface area contributed by atoms with Gasteiger partial charge in [-0.25, -0.2) is 17.7 Å². The third kappa shape index (κ3) is 3.67. The molecule has 1 atom stereocenters. The van der Waals surface area contributed by atoms with Gasteiger partial charge in [0, 0.05) is 38.4 Å². The van der Waals surface area contributed by atoms with Gasteiger partial charge in [-0.3, -0.25) is 4.90 Å². The van der Waals surface area contributed by atoms with Crippen molar-refractivity contribution in [2.75, 3.05) is 38.3 Å². The number of nitrogens with one attached hydrogen (secondary N) is 1. The van der Waals surface area contributed by atoms with Gasteiger partial charge in [-0.05, 0) is 49.9 Å². The second-order valence-corrected chi connectivity index (χ2v) is 8.50. The molecule has 3 heterocycles. The normalized spacial score (nSPS) is 24.9. The van der Waals surface area contributed by atoms with Crippen LogP contribution in [0.3, 0.4) is 0 Å². The SMILES string of the molecule is CNc1cc([C@H]2CCCN2C2CCN(S(C)(=O)=O)CC2)ccn1. The van der Waals surface area contributed by atoms with Gasteiger partial charge in [-0.15, -0.1) is 0 Å². The van der Waals surface area contributed by atoms with Crippen molar-refractivity contribution in [2.24, 2.45) is 0 Å². The second-order valence-electron chi connectivity index (χ2n) is 6.51. The molecule has 1 aromatic heterocycles. The lowest BCUT2D eigenvalue weighted by Crippen LogP contribution is -2.46.